The van der Waals surface area contributed by atoms with Crippen LogP contribution in [-0.2, 0) is 123 Å². The van der Waals surface area contributed by atoms with Gasteiger partial charge in [0.25, 0.3) is 0 Å². The number of aromatic nitrogens is 15. The molecule has 6 aliphatic rings. The highest BCUT2D eigenvalue weighted by Gasteiger charge is 2.35. The fourth-order valence-corrected chi connectivity index (χ4v) is 16.8. The number of hydrogen-bond donors (Lipinski definition) is 0. The van der Waals surface area contributed by atoms with Gasteiger partial charge in [-0.05, 0) is 242 Å². The molecule has 6 aliphatic carbocycles. The Kier molecular flexibility index (Phi) is 31.2. The summed E-state index contributed by atoms with van der Waals surface area (Å²) in [5.74, 6) is 0. The van der Waals surface area contributed by atoms with Gasteiger partial charge in [-0.1, -0.05) is 207 Å². The molecule has 6 aromatic carbocycles. The molecule has 15 nitrogen and oxygen atoms in total. The monoisotopic (exact) mass is 1590 g/mol. The van der Waals surface area contributed by atoms with E-state index < -0.39 is 0 Å². The summed E-state index contributed by atoms with van der Waals surface area (Å²) in [6.45, 7) is 37.7. The predicted octanol–water partition coefficient (Wildman–Crippen LogP) is 21.1. The largest absolute Gasteiger partial charge is 0.333 e. The van der Waals surface area contributed by atoms with Crippen LogP contribution in [0.15, 0.2) is 191 Å². The van der Waals surface area contributed by atoms with Crippen LogP contribution in [0.25, 0.3) is 0 Å². The van der Waals surface area contributed by atoms with E-state index in [2.05, 4.69) is 260 Å². The van der Waals surface area contributed by atoms with Gasteiger partial charge in [-0.25, -0.2) is 24.6 Å². The maximum absolute atomic E-state index is 4.28. The van der Waals surface area contributed by atoms with Crippen molar-refractivity contribution in [2.75, 3.05) is 0 Å². The normalized spacial score (nSPS) is 16.0. The van der Waals surface area contributed by atoms with Gasteiger partial charge < -0.3 is 13.7 Å². The average molecular weight is 1590 g/mol. The molecule has 0 bridgehead atoms. The topological polar surface area (TPSA) is 146 Å². The molecule has 0 radical (unpaired) electrons. The highest BCUT2D eigenvalue weighted by atomic mass is 35.5. The molecular weight excluding hydrogens is 1470 g/mol. The lowest BCUT2D eigenvalue weighted by Crippen LogP contribution is -2.12. The first kappa shape index (κ1) is 90.7. The molecule has 18 rings (SSSR count). The summed E-state index contributed by atoms with van der Waals surface area (Å²) in [4.78, 5) is 16.4. The molecule has 0 unspecified atom stereocenters. The second-order valence-corrected chi connectivity index (χ2v) is 34.8. The van der Waals surface area contributed by atoms with E-state index in [1.54, 1.807) is 54.7 Å². The van der Waals surface area contributed by atoms with Crippen molar-refractivity contribution in [1.29, 1.82) is 0 Å². The molecule has 112 heavy (non-hydrogen) atoms. The van der Waals surface area contributed by atoms with Crippen molar-refractivity contribution in [3.63, 3.8) is 0 Å². The van der Waals surface area contributed by atoms with E-state index in [9.17, 15) is 0 Å². The van der Waals surface area contributed by atoms with Gasteiger partial charge in [0, 0.05) is 56.7 Å². The Balaban J connectivity index is 0.000000185. The number of benzene rings is 6. The van der Waals surface area contributed by atoms with Gasteiger partial charge in [0.1, 0.15) is 38.0 Å². The van der Waals surface area contributed by atoms with Crippen LogP contribution >= 0.6 is 49.6 Å². The van der Waals surface area contributed by atoms with Gasteiger partial charge >= 0.3 is 0 Å². The molecule has 0 fully saturated rings. The van der Waals surface area contributed by atoms with Crippen LogP contribution in [0.2, 0.25) is 0 Å². The number of hydrogen-bond acceptors (Lipinski definition) is 9. The summed E-state index contributed by atoms with van der Waals surface area (Å²) < 4.78 is 12.1. The van der Waals surface area contributed by atoms with Crippen molar-refractivity contribution < 1.29 is 0 Å². The minimum atomic E-state index is 0. The molecular formula is C93H125Cl4N15. The van der Waals surface area contributed by atoms with Crippen molar-refractivity contribution in [2.45, 2.75) is 273 Å². The Morgan fingerprint density at radius 1 is 0.348 bits per heavy atom. The first-order valence-corrected chi connectivity index (χ1v) is 38.8. The summed E-state index contributed by atoms with van der Waals surface area (Å²) >= 11 is 0. The molecule has 12 aromatic rings. The molecule has 6 heterocycles. The van der Waals surface area contributed by atoms with E-state index in [0.717, 1.165) is 57.8 Å². The van der Waals surface area contributed by atoms with Gasteiger partial charge in [0.2, 0.25) is 0 Å². The smallest absolute Gasteiger partial charge is 0.137 e. The van der Waals surface area contributed by atoms with Crippen molar-refractivity contribution in [1.82, 2.24) is 73.2 Å². The maximum Gasteiger partial charge on any atom is 0.137 e. The van der Waals surface area contributed by atoms with Crippen molar-refractivity contribution >= 4 is 49.6 Å². The van der Waals surface area contributed by atoms with E-state index in [-0.39, 0.29) is 64.5 Å². The van der Waals surface area contributed by atoms with E-state index >= 15 is 0 Å². The lowest BCUT2D eigenvalue weighted by molar-refractivity contribution is 0.521. The number of imidazole rings is 2. The third-order valence-electron chi connectivity index (χ3n) is 23.9. The Morgan fingerprint density at radius 2 is 0.696 bits per heavy atom. The first-order chi connectivity index (χ1) is 50.7. The molecule has 0 saturated carbocycles. The third kappa shape index (κ3) is 22.3. The molecule has 0 amide bonds. The molecule has 0 atom stereocenters. The van der Waals surface area contributed by atoms with Crippen molar-refractivity contribution in [3.05, 3.63) is 302 Å². The predicted molar refractivity (Wildman–Crippen MR) is 469 cm³/mol. The zero-order valence-corrected chi connectivity index (χ0v) is 70.6. The molecule has 0 N–H and O–H groups in total. The van der Waals surface area contributed by atoms with Gasteiger partial charge in [0.15, 0.2) is 0 Å². The molecule has 600 valence electrons. The molecule has 0 aliphatic heterocycles. The number of nitrogens with zero attached hydrogens (tertiary/aromatic N) is 15. The van der Waals surface area contributed by atoms with Crippen LogP contribution in [0, 0.1) is 13.8 Å². The fourth-order valence-electron chi connectivity index (χ4n) is 16.8. The first-order valence-electron chi connectivity index (χ1n) is 38.8. The number of rotatable bonds is 14. The van der Waals surface area contributed by atoms with Crippen molar-refractivity contribution in [3.8, 4) is 0 Å². The quantitative estimate of drug-likeness (QED) is 0.104. The highest BCUT2D eigenvalue weighted by Crippen LogP contribution is 2.44. The minimum Gasteiger partial charge on any atom is -0.333 e. The summed E-state index contributed by atoms with van der Waals surface area (Å²) in [5.41, 5.74) is 30.9. The van der Waals surface area contributed by atoms with Crippen molar-refractivity contribution in [2.24, 2.45) is 0 Å². The second-order valence-electron chi connectivity index (χ2n) is 34.8. The number of fused-ring (bicyclic) bond motifs is 6. The Hall–Kier alpha value is -8.47. The van der Waals surface area contributed by atoms with Crippen LogP contribution in [0.5, 0.6) is 0 Å². The standard InChI is InChI=1S/3C16H20N2.C15H19N3.2C14H17N3.2CH4.4ClH/c1-16(2)8-6-14-5-4-13(12-15(14)16)7-11-18-10-3-9-17-18;1-12-9-18(11-17-12)10-13-4-5-14-6-7-16(2,3)15(14)8-13;1-12-9-17-11-18(12)10-13-4-5-14-6-7-16(2,3)15(14)8-13;1-15(2)7-5-13-4-3-12(9-14(13)15)6-8-18-11-16-10-17-18;1-14(2)6-5-12-4-3-11(7-13(12)14)8-17-9-15-16-10-17;1-14(2)6-5-12-4-3-11(7-13(12)14)8-17-10-15-9-16-17;;;;;;/h3-5,9-10,12H,6-8,11H2,1-2H3;2*4-5,8-9,11H,6-7,10H2,1-3H3;3-4,9-11H,5-8H2,1-2H3;2*3-4,7,9-10H,5-6,8H2,1-2H3;2*1H4;4*1H. The SMILES string of the molecule is C.C.CC1(C)CCc2ccc(CCn3cccn3)cc21.CC1(C)CCc2ccc(CCn3cncn3)cc21.CC1(C)CCc2ccc(Cn3cncn3)cc21.CC1(C)CCc2ccc(Cn3cnnc3)cc21.Cc1cn(Cc2ccc3c(c2)C(C)(C)CC3)cn1.Cc1cncn1Cc1ccc2c(c1)C(C)(C)CC2.Cl.Cl.Cl.Cl. The lowest BCUT2D eigenvalue weighted by atomic mass is 9.85. The van der Waals surface area contributed by atoms with Gasteiger partial charge in [0.05, 0.1) is 31.4 Å². The Bertz CT molecular complexity index is 4700. The van der Waals surface area contributed by atoms with Crippen LogP contribution in [0.3, 0.4) is 0 Å². The number of halogens is 4. The molecule has 19 heteroatoms. The maximum atomic E-state index is 4.28. The lowest BCUT2D eigenvalue weighted by Gasteiger charge is -2.19. The zero-order chi connectivity index (χ0) is 74.4. The Labute approximate surface area is 693 Å². The third-order valence-corrected chi connectivity index (χ3v) is 23.9. The highest BCUT2D eigenvalue weighted by molar-refractivity contribution is 5.86. The fraction of sp³-hybridized carbons (Fsp3) is 0.452. The number of aryl methyl sites for hydroxylation is 12. The van der Waals surface area contributed by atoms with E-state index in [1.807, 2.05) is 62.8 Å². The van der Waals surface area contributed by atoms with E-state index in [4.69, 9.17) is 0 Å². The molecule has 0 spiro atoms. The van der Waals surface area contributed by atoms with Gasteiger partial charge in [-0.3, -0.25) is 9.36 Å². The minimum absolute atomic E-state index is 0. The molecule has 6 aromatic heterocycles. The zero-order valence-electron chi connectivity index (χ0n) is 67.4. The molecule has 0 saturated heterocycles. The summed E-state index contributed by atoms with van der Waals surface area (Å²) in [7, 11) is 0. The Morgan fingerprint density at radius 3 is 1.04 bits per heavy atom. The summed E-state index contributed by atoms with van der Waals surface area (Å²) in [6.07, 6.45) is 39.0. The second kappa shape index (κ2) is 38.6. The summed E-state index contributed by atoms with van der Waals surface area (Å²) in [6, 6.07) is 43.5. The van der Waals surface area contributed by atoms with Crippen LogP contribution < -0.4 is 0 Å². The van der Waals surface area contributed by atoms with Crippen LogP contribution in [-0.4, -0.2) is 73.2 Å². The van der Waals surface area contributed by atoms with E-state index in [1.165, 1.54) is 166 Å². The van der Waals surface area contributed by atoms with Gasteiger partial charge in [-0.15, -0.1) is 59.8 Å². The van der Waals surface area contributed by atoms with E-state index in [0.29, 0.717) is 32.5 Å². The van der Waals surface area contributed by atoms with Crippen LogP contribution in [0.1, 0.15) is 248 Å². The van der Waals surface area contributed by atoms with Crippen LogP contribution in [0.4, 0.5) is 0 Å². The average Bonchev–Trinajstić information content (AvgIpc) is 1.67. The van der Waals surface area contributed by atoms with Gasteiger partial charge in [-0.2, -0.15) is 15.3 Å². The summed E-state index contributed by atoms with van der Waals surface area (Å²) in [5, 5.41) is 20.2.